The van der Waals surface area contributed by atoms with Crippen molar-refractivity contribution in [1.82, 2.24) is 15.1 Å². The van der Waals surface area contributed by atoms with Crippen LogP contribution in [0.2, 0.25) is 0 Å². The molecule has 0 saturated carbocycles. The molecule has 0 radical (unpaired) electrons. The van der Waals surface area contributed by atoms with Crippen molar-refractivity contribution in [2.24, 2.45) is 0 Å². The molecule has 2 aliphatic rings. The number of nitrogens with zero attached hydrogens (tertiary/aromatic N) is 2. The van der Waals surface area contributed by atoms with Gasteiger partial charge in [-0.1, -0.05) is 0 Å². The lowest BCUT2D eigenvalue weighted by Gasteiger charge is -2.33. The van der Waals surface area contributed by atoms with Gasteiger partial charge in [0.1, 0.15) is 0 Å². The van der Waals surface area contributed by atoms with Crippen LogP contribution < -0.4 is 5.32 Å². The van der Waals surface area contributed by atoms with Crippen molar-refractivity contribution < 1.29 is 4.74 Å². The number of likely N-dealkylation sites (N-methyl/N-ethyl adjacent to an activating group) is 1. The molecule has 0 bridgehead atoms. The zero-order chi connectivity index (χ0) is 10.5. The van der Waals surface area contributed by atoms with Crippen LogP contribution in [0.25, 0.3) is 0 Å². The Bertz CT molecular complexity index is 181. The molecule has 1 atom stereocenters. The minimum atomic E-state index is 0.418. The van der Waals surface area contributed by atoms with Crippen molar-refractivity contribution in [1.29, 1.82) is 0 Å². The average molecular weight is 213 g/mol. The predicted octanol–water partition coefficient (Wildman–Crippen LogP) is -0.388. The number of hydrogen-bond acceptors (Lipinski definition) is 4. The second-order valence-electron chi connectivity index (χ2n) is 4.66. The molecular formula is C11H23N3O. The largest absolute Gasteiger partial charge is 0.374 e. The van der Waals surface area contributed by atoms with Crippen LogP contribution in [-0.2, 0) is 4.74 Å². The summed E-state index contributed by atoms with van der Waals surface area (Å²) in [5.41, 5.74) is 0. The van der Waals surface area contributed by atoms with Crippen LogP contribution in [0.1, 0.15) is 6.42 Å². The zero-order valence-corrected chi connectivity index (χ0v) is 9.74. The summed E-state index contributed by atoms with van der Waals surface area (Å²) in [6, 6.07) is 0. The van der Waals surface area contributed by atoms with Gasteiger partial charge in [-0.05, 0) is 26.6 Å². The van der Waals surface area contributed by atoms with E-state index in [0.29, 0.717) is 6.10 Å². The van der Waals surface area contributed by atoms with E-state index < -0.39 is 0 Å². The third-order valence-electron chi connectivity index (χ3n) is 3.24. The number of morpholine rings is 1. The van der Waals surface area contributed by atoms with E-state index in [1.165, 1.54) is 26.1 Å². The first-order chi connectivity index (χ1) is 7.34. The Morgan fingerprint density at radius 2 is 2.20 bits per heavy atom. The van der Waals surface area contributed by atoms with Crippen molar-refractivity contribution in [2.75, 3.05) is 59.5 Å². The van der Waals surface area contributed by atoms with E-state index >= 15 is 0 Å². The summed E-state index contributed by atoms with van der Waals surface area (Å²) in [5, 5.41) is 3.43. The minimum Gasteiger partial charge on any atom is -0.374 e. The van der Waals surface area contributed by atoms with E-state index in [2.05, 4.69) is 22.2 Å². The first-order valence-corrected chi connectivity index (χ1v) is 6.08. The molecule has 0 aromatic rings. The fourth-order valence-electron chi connectivity index (χ4n) is 2.35. The molecule has 4 nitrogen and oxygen atoms in total. The highest BCUT2D eigenvalue weighted by molar-refractivity contribution is 4.75. The Morgan fingerprint density at radius 1 is 1.27 bits per heavy atom. The number of hydrogen-bond donors (Lipinski definition) is 1. The third kappa shape index (κ3) is 3.72. The molecule has 1 unspecified atom stereocenters. The molecule has 0 aromatic carbocycles. The summed E-state index contributed by atoms with van der Waals surface area (Å²) in [6.07, 6.45) is 1.68. The summed E-state index contributed by atoms with van der Waals surface area (Å²) in [7, 11) is 2.18. The molecule has 2 saturated heterocycles. The number of ether oxygens (including phenoxy) is 1. The van der Waals surface area contributed by atoms with Gasteiger partial charge in [-0.2, -0.15) is 0 Å². The maximum absolute atomic E-state index is 5.79. The van der Waals surface area contributed by atoms with Gasteiger partial charge in [0.2, 0.25) is 0 Å². The highest BCUT2D eigenvalue weighted by atomic mass is 16.5. The summed E-state index contributed by atoms with van der Waals surface area (Å²) in [5.74, 6) is 0. The molecule has 4 heteroatoms. The lowest BCUT2D eigenvalue weighted by Crippen LogP contribution is -2.46. The highest BCUT2D eigenvalue weighted by Crippen LogP contribution is 2.06. The summed E-state index contributed by atoms with van der Waals surface area (Å²) in [6.45, 7) is 8.85. The topological polar surface area (TPSA) is 27.7 Å². The zero-order valence-electron chi connectivity index (χ0n) is 9.74. The standard InChI is InChI=1S/C11H23N3O/c1-13-7-8-15-11(9-13)10-14-5-2-3-12-4-6-14/h11-12H,2-10H2,1H3. The number of rotatable bonds is 2. The van der Waals surface area contributed by atoms with E-state index in [4.69, 9.17) is 4.74 Å². The summed E-state index contributed by atoms with van der Waals surface area (Å²) in [4.78, 5) is 4.90. The molecule has 0 aromatic heterocycles. The van der Waals surface area contributed by atoms with Gasteiger partial charge in [0.15, 0.2) is 0 Å². The van der Waals surface area contributed by atoms with Crippen LogP contribution in [0, 0.1) is 0 Å². The van der Waals surface area contributed by atoms with Gasteiger partial charge in [0, 0.05) is 32.7 Å². The predicted molar refractivity (Wildman–Crippen MR) is 61.2 cm³/mol. The Morgan fingerprint density at radius 3 is 3.07 bits per heavy atom. The Hall–Kier alpha value is -0.160. The summed E-state index contributed by atoms with van der Waals surface area (Å²) >= 11 is 0. The average Bonchev–Trinajstić information content (AvgIpc) is 2.46. The van der Waals surface area contributed by atoms with Gasteiger partial charge < -0.3 is 15.0 Å². The Labute approximate surface area is 92.6 Å². The molecule has 0 aliphatic carbocycles. The normalized spacial score (nSPS) is 31.4. The van der Waals surface area contributed by atoms with Crippen LogP contribution in [0.15, 0.2) is 0 Å². The molecule has 0 amide bonds. The van der Waals surface area contributed by atoms with Gasteiger partial charge in [0.25, 0.3) is 0 Å². The molecule has 15 heavy (non-hydrogen) atoms. The van der Waals surface area contributed by atoms with E-state index in [-0.39, 0.29) is 0 Å². The van der Waals surface area contributed by atoms with Crippen LogP contribution in [-0.4, -0.2) is 75.4 Å². The van der Waals surface area contributed by atoms with E-state index in [1.807, 2.05) is 0 Å². The van der Waals surface area contributed by atoms with Gasteiger partial charge in [-0.15, -0.1) is 0 Å². The SMILES string of the molecule is CN1CCOC(CN2CCCNCC2)C1. The van der Waals surface area contributed by atoms with Crippen molar-refractivity contribution >= 4 is 0 Å². The van der Waals surface area contributed by atoms with Crippen LogP contribution in [0.3, 0.4) is 0 Å². The van der Waals surface area contributed by atoms with Gasteiger partial charge in [0.05, 0.1) is 12.7 Å². The molecule has 0 spiro atoms. The first-order valence-electron chi connectivity index (χ1n) is 6.08. The molecule has 1 N–H and O–H groups in total. The fraction of sp³-hybridized carbons (Fsp3) is 1.00. The molecule has 2 fully saturated rings. The molecule has 88 valence electrons. The lowest BCUT2D eigenvalue weighted by atomic mass is 10.2. The number of nitrogens with one attached hydrogen (secondary N) is 1. The van der Waals surface area contributed by atoms with Crippen molar-refractivity contribution in [2.45, 2.75) is 12.5 Å². The maximum Gasteiger partial charge on any atom is 0.0829 e. The van der Waals surface area contributed by atoms with E-state index in [1.54, 1.807) is 0 Å². The minimum absolute atomic E-state index is 0.418. The quantitative estimate of drug-likeness (QED) is 0.676. The second-order valence-corrected chi connectivity index (χ2v) is 4.66. The monoisotopic (exact) mass is 213 g/mol. The fourth-order valence-corrected chi connectivity index (χ4v) is 2.35. The van der Waals surface area contributed by atoms with E-state index in [9.17, 15) is 0 Å². The van der Waals surface area contributed by atoms with Crippen LogP contribution >= 0.6 is 0 Å². The van der Waals surface area contributed by atoms with Gasteiger partial charge in [-0.25, -0.2) is 0 Å². The van der Waals surface area contributed by atoms with Crippen LogP contribution in [0.4, 0.5) is 0 Å². The maximum atomic E-state index is 5.79. The van der Waals surface area contributed by atoms with Crippen molar-refractivity contribution in [3.8, 4) is 0 Å². The van der Waals surface area contributed by atoms with Crippen molar-refractivity contribution in [3.63, 3.8) is 0 Å². The highest BCUT2D eigenvalue weighted by Gasteiger charge is 2.20. The molecule has 2 aliphatic heterocycles. The molecular weight excluding hydrogens is 190 g/mol. The summed E-state index contributed by atoms with van der Waals surface area (Å²) < 4.78 is 5.79. The lowest BCUT2D eigenvalue weighted by molar-refractivity contribution is -0.0348. The third-order valence-corrected chi connectivity index (χ3v) is 3.24. The van der Waals surface area contributed by atoms with Crippen LogP contribution in [0.5, 0.6) is 0 Å². The first kappa shape index (κ1) is 11.3. The molecule has 2 heterocycles. The van der Waals surface area contributed by atoms with E-state index in [0.717, 1.165) is 32.8 Å². The van der Waals surface area contributed by atoms with Crippen molar-refractivity contribution in [3.05, 3.63) is 0 Å². The second kappa shape index (κ2) is 5.80. The smallest absolute Gasteiger partial charge is 0.0829 e. The van der Waals surface area contributed by atoms with Gasteiger partial charge in [-0.3, -0.25) is 4.90 Å². The van der Waals surface area contributed by atoms with Gasteiger partial charge >= 0.3 is 0 Å². The Kier molecular flexibility index (Phi) is 4.38. The molecule has 2 rings (SSSR count). The Balaban J connectivity index is 1.74.